The summed E-state index contributed by atoms with van der Waals surface area (Å²) in [5, 5.41) is 8.21. The first-order valence-corrected chi connectivity index (χ1v) is 7.63. The molecule has 2 aliphatic heterocycles. The Hall–Kier alpha value is -1.92. The molecule has 0 aromatic heterocycles. The molecule has 6 heteroatoms. The quantitative estimate of drug-likeness (QED) is 0.855. The Balaban J connectivity index is 1.59. The lowest BCUT2D eigenvalue weighted by molar-refractivity contribution is -0.195. The summed E-state index contributed by atoms with van der Waals surface area (Å²) >= 11 is 0. The van der Waals surface area contributed by atoms with Crippen molar-refractivity contribution in [2.24, 2.45) is 0 Å². The Kier molecular flexibility index (Phi) is 4.13. The molecule has 6 nitrogen and oxygen atoms in total. The Morgan fingerprint density at radius 1 is 1.32 bits per heavy atom. The van der Waals surface area contributed by atoms with Crippen LogP contribution in [0.2, 0.25) is 0 Å². The molecule has 2 heterocycles. The van der Waals surface area contributed by atoms with Gasteiger partial charge in [0.15, 0.2) is 0 Å². The predicted molar refractivity (Wildman–Crippen MR) is 80.5 cm³/mol. The molecule has 1 aromatic carbocycles. The lowest BCUT2D eigenvalue weighted by Crippen LogP contribution is -2.57. The molecule has 0 unspecified atom stereocenters. The first-order chi connectivity index (χ1) is 10.6. The van der Waals surface area contributed by atoms with Crippen molar-refractivity contribution in [1.29, 1.82) is 0 Å². The van der Waals surface area contributed by atoms with E-state index in [2.05, 4.69) is 10.6 Å². The molecule has 2 aliphatic rings. The van der Waals surface area contributed by atoms with E-state index in [1.165, 1.54) is 6.92 Å². The summed E-state index contributed by atoms with van der Waals surface area (Å²) in [6, 6.07) is 9.79. The van der Waals surface area contributed by atoms with Gasteiger partial charge < -0.3 is 10.2 Å². The summed E-state index contributed by atoms with van der Waals surface area (Å²) in [4.78, 5) is 28.3. The first kappa shape index (κ1) is 15.0. The Morgan fingerprint density at radius 3 is 2.64 bits per heavy atom. The predicted octanol–water partition coefficient (Wildman–Crippen LogP) is 0.587. The fourth-order valence-electron chi connectivity index (χ4n) is 3.16. The van der Waals surface area contributed by atoms with Gasteiger partial charge in [-0.05, 0) is 24.8 Å². The molecule has 2 N–H and O–H groups in total. The molecular weight excluding hydrogens is 282 g/mol. The minimum atomic E-state index is -0.368. The molecule has 0 radical (unpaired) electrons. The number of nitrogens with one attached hydrogen (secondary N) is 2. The number of nitrogens with zero attached hydrogens (tertiary/aromatic N) is 1. The second-order valence-electron chi connectivity index (χ2n) is 5.97. The summed E-state index contributed by atoms with van der Waals surface area (Å²) in [7, 11) is 0. The third-order valence-electron chi connectivity index (χ3n) is 4.25. The second-order valence-corrected chi connectivity index (χ2v) is 5.97. The molecule has 118 valence electrons. The number of hydrogen-bond acceptors (Lipinski definition) is 5. The molecular formula is C16H21N3O3. The average Bonchev–Trinajstić information content (AvgIpc) is 2.78. The largest absolute Gasteiger partial charge is 0.368 e. The average molecular weight is 303 g/mol. The highest BCUT2D eigenvalue weighted by Crippen LogP contribution is 2.25. The third-order valence-corrected chi connectivity index (χ3v) is 4.25. The van der Waals surface area contributed by atoms with Crippen LogP contribution < -0.4 is 10.6 Å². The van der Waals surface area contributed by atoms with Crippen molar-refractivity contribution in [3.63, 3.8) is 0 Å². The number of carbonyl (C=O) groups excluding carboxylic acids is 2. The van der Waals surface area contributed by atoms with Crippen LogP contribution >= 0.6 is 0 Å². The Labute approximate surface area is 129 Å². The number of hydroxylamine groups is 2. The van der Waals surface area contributed by atoms with Crippen molar-refractivity contribution in [2.45, 2.75) is 37.9 Å². The minimum Gasteiger partial charge on any atom is -0.368 e. The van der Waals surface area contributed by atoms with Gasteiger partial charge in [0.1, 0.15) is 0 Å². The zero-order valence-corrected chi connectivity index (χ0v) is 12.7. The lowest BCUT2D eigenvalue weighted by atomic mass is 9.98. The molecule has 22 heavy (non-hydrogen) atoms. The zero-order valence-electron chi connectivity index (χ0n) is 12.7. The van der Waals surface area contributed by atoms with Gasteiger partial charge in [0.25, 0.3) is 0 Å². The topological polar surface area (TPSA) is 70.7 Å². The van der Waals surface area contributed by atoms with Crippen molar-refractivity contribution in [3.8, 4) is 0 Å². The van der Waals surface area contributed by atoms with Gasteiger partial charge in [0.05, 0.1) is 11.7 Å². The van der Waals surface area contributed by atoms with Gasteiger partial charge in [0, 0.05) is 20.0 Å². The Bertz CT molecular complexity index is 553. The number of carbonyl (C=O) groups is 2. The van der Waals surface area contributed by atoms with Crippen LogP contribution in [-0.2, 0) is 20.8 Å². The molecule has 3 rings (SSSR count). The second kappa shape index (κ2) is 6.06. The molecule has 0 saturated carbocycles. The number of piperidine rings is 1. The number of hydrogen-bond donors (Lipinski definition) is 2. The van der Waals surface area contributed by atoms with E-state index in [0.717, 1.165) is 18.4 Å². The van der Waals surface area contributed by atoms with Gasteiger partial charge in [-0.1, -0.05) is 30.3 Å². The van der Waals surface area contributed by atoms with Crippen LogP contribution in [0.4, 0.5) is 0 Å². The molecule has 1 spiro atoms. The number of amides is 1. The van der Waals surface area contributed by atoms with E-state index >= 15 is 0 Å². The van der Waals surface area contributed by atoms with Gasteiger partial charge in [0.2, 0.25) is 5.91 Å². The third kappa shape index (κ3) is 3.28. The van der Waals surface area contributed by atoms with Crippen LogP contribution in [-0.4, -0.2) is 41.7 Å². The summed E-state index contributed by atoms with van der Waals surface area (Å²) in [6.45, 7) is 2.63. The highest BCUT2D eigenvalue weighted by molar-refractivity contribution is 5.85. The SMILES string of the molecule is CC(=O)ON1CCC2(CC1)NC(=O)[C@H](Cc1ccccc1)N2. The highest BCUT2D eigenvalue weighted by Gasteiger charge is 2.45. The maximum Gasteiger partial charge on any atom is 0.322 e. The van der Waals surface area contributed by atoms with E-state index in [-0.39, 0.29) is 23.6 Å². The molecule has 2 fully saturated rings. The smallest absolute Gasteiger partial charge is 0.322 e. The van der Waals surface area contributed by atoms with E-state index in [0.29, 0.717) is 19.5 Å². The first-order valence-electron chi connectivity index (χ1n) is 7.63. The Morgan fingerprint density at radius 2 is 2.00 bits per heavy atom. The molecule has 1 atom stereocenters. The number of benzene rings is 1. The molecule has 2 saturated heterocycles. The standard InChI is InChI=1S/C16H21N3O3/c1-12(20)22-19-9-7-16(8-10-19)17-14(15(21)18-16)11-13-5-3-2-4-6-13/h2-6,14,17H,7-11H2,1H3,(H,18,21)/t14-/m0/s1. The fraction of sp³-hybridized carbons (Fsp3) is 0.500. The van der Waals surface area contributed by atoms with E-state index in [1.807, 2.05) is 30.3 Å². The molecule has 1 amide bonds. The molecule has 0 aliphatic carbocycles. The van der Waals surface area contributed by atoms with Gasteiger partial charge >= 0.3 is 5.97 Å². The normalized spacial score (nSPS) is 24.2. The van der Waals surface area contributed by atoms with E-state index in [4.69, 9.17) is 4.84 Å². The zero-order chi connectivity index (χ0) is 15.6. The van der Waals surface area contributed by atoms with Crippen LogP contribution in [0.1, 0.15) is 25.3 Å². The van der Waals surface area contributed by atoms with Crippen LogP contribution in [0.3, 0.4) is 0 Å². The van der Waals surface area contributed by atoms with Gasteiger partial charge in [-0.3, -0.25) is 14.9 Å². The summed E-state index contributed by atoms with van der Waals surface area (Å²) < 4.78 is 0. The van der Waals surface area contributed by atoms with Crippen molar-refractivity contribution in [1.82, 2.24) is 15.7 Å². The fourth-order valence-corrected chi connectivity index (χ4v) is 3.16. The van der Waals surface area contributed by atoms with E-state index < -0.39 is 0 Å². The van der Waals surface area contributed by atoms with Gasteiger partial charge in [-0.25, -0.2) is 0 Å². The van der Waals surface area contributed by atoms with Crippen molar-refractivity contribution < 1.29 is 14.4 Å². The highest BCUT2D eigenvalue weighted by atomic mass is 16.7. The minimum absolute atomic E-state index is 0.0461. The van der Waals surface area contributed by atoms with Crippen LogP contribution in [0.15, 0.2) is 30.3 Å². The van der Waals surface area contributed by atoms with Crippen molar-refractivity contribution >= 4 is 11.9 Å². The summed E-state index contributed by atoms with van der Waals surface area (Å²) in [6.07, 6.45) is 2.12. The summed E-state index contributed by atoms with van der Waals surface area (Å²) in [5.41, 5.74) is 0.775. The monoisotopic (exact) mass is 303 g/mol. The van der Waals surface area contributed by atoms with Gasteiger partial charge in [-0.15, -0.1) is 5.06 Å². The van der Waals surface area contributed by atoms with Crippen LogP contribution in [0.5, 0.6) is 0 Å². The number of rotatable bonds is 3. The maximum absolute atomic E-state index is 12.2. The molecule has 0 bridgehead atoms. The van der Waals surface area contributed by atoms with Crippen LogP contribution in [0.25, 0.3) is 0 Å². The molecule has 1 aromatic rings. The van der Waals surface area contributed by atoms with Crippen molar-refractivity contribution in [3.05, 3.63) is 35.9 Å². The van der Waals surface area contributed by atoms with Crippen molar-refractivity contribution in [2.75, 3.05) is 13.1 Å². The summed E-state index contributed by atoms with van der Waals surface area (Å²) in [5.74, 6) is -0.258. The van der Waals surface area contributed by atoms with Gasteiger partial charge in [-0.2, -0.15) is 0 Å². The van der Waals surface area contributed by atoms with Crippen LogP contribution in [0, 0.1) is 0 Å². The van der Waals surface area contributed by atoms with E-state index in [1.54, 1.807) is 5.06 Å². The van der Waals surface area contributed by atoms with E-state index in [9.17, 15) is 9.59 Å². The maximum atomic E-state index is 12.2. The lowest BCUT2D eigenvalue weighted by Gasteiger charge is -2.38.